The van der Waals surface area contributed by atoms with E-state index in [9.17, 15) is 10.1 Å². The van der Waals surface area contributed by atoms with Crippen molar-refractivity contribution in [2.24, 2.45) is 5.84 Å². The Morgan fingerprint density at radius 1 is 1.05 bits per heavy atom. The monoisotopic (exact) mass is 280 g/mol. The second-order valence-electron chi connectivity index (χ2n) is 3.38. The van der Waals surface area contributed by atoms with Gasteiger partial charge in [0.05, 0.1) is 5.69 Å². The second kappa shape index (κ2) is 7.91. The summed E-state index contributed by atoms with van der Waals surface area (Å²) in [7, 11) is 0. The van der Waals surface area contributed by atoms with Crippen LogP contribution in [0.1, 0.15) is 0 Å². The van der Waals surface area contributed by atoms with Crippen molar-refractivity contribution in [2.45, 2.75) is 0 Å². The van der Waals surface area contributed by atoms with E-state index in [0.717, 1.165) is 10.2 Å². The average Bonchev–Trinajstić information content (AvgIpc) is 2.41. The van der Waals surface area contributed by atoms with Crippen molar-refractivity contribution < 1.29 is 5.03 Å². The molecule has 0 aliphatic rings. The number of para-hydroxylation sites is 2. The summed E-state index contributed by atoms with van der Waals surface area (Å²) in [4.78, 5) is 9.86. The van der Waals surface area contributed by atoms with Crippen LogP contribution < -0.4 is 15.8 Å². The van der Waals surface area contributed by atoms with E-state index in [1.807, 2.05) is 35.8 Å². The highest BCUT2D eigenvalue weighted by Crippen LogP contribution is 2.09. The Morgan fingerprint density at radius 3 is 1.89 bits per heavy atom. The third-order valence-corrected chi connectivity index (χ3v) is 2.19. The summed E-state index contributed by atoms with van der Waals surface area (Å²) in [5, 5.41) is 9.28. The van der Waals surface area contributed by atoms with Gasteiger partial charge in [0.2, 0.25) is 0 Å². The molecule has 0 saturated heterocycles. The van der Waals surface area contributed by atoms with Crippen LogP contribution in [0, 0.1) is 10.1 Å². The highest BCUT2D eigenvalue weighted by atomic mass is 35.5. The Hall–Kier alpha value is -2.31. The van der Waals surface area contributed by atoms with Gasteiger partial charge in [-0.05, 0) is 24.3 Å². The van der Waals surface area contributed by atoms with Gasteiger partial charge in [-0.1, -0.05) is 36.4 Å². The van der Waals surface area contributed by atoms with Gasteiger partial charge < -0.3 is 0 Å². The minimum absolute atomic E-state index is 0.493. The second-order valence-corrected chi connectivity index (χ2v) is 3.75. The van der Waals surface area contributed by atoms with Crippen LogP contribution in [0.3, 0.4) is 0 Å². The molecule has 2 rings (SSSR count). The molecule has 0 bridgehead atoms. The molecule has 0 radical (unpaired) electrons. The van der Waals surface area contributed by atoms with Gasteiger partial charge in [0.25, 0.3) is 0 Å². The van der Waals surface area contributed by atoms with Crippen molar-refractivity contribution in [3.63, 3.8) is 0 Å². The number of benzene rings is 2. The lowest BCUT2D eigenvalue weighted by Crippen LogP contribution is -2.17. The van der Waals surface area contributed by atoms with E-state index in [1.165, 1.54) is 0 Å². The van der Waals surface area contributed by atoms with Gasteiger partial charge in [-0.3, -0.25) is 0 Å². The number of hydrogen-bond donors (Lipinski definition) is 2. The first-order valence-electron chi connectivity index (χ1n) is 5.31. The normalized spacial score (nSPS) is 8.95. The minimum atomic E-state index is -0.588. The van der Waals surface area contributed by atoms with Gasteiger partial charge in [-0.2, -0.15) is 0 Å². The number of hydrazine groups is 2. The molecule has 0 saturated carbocycles. The Morgan fingerprint density at radius 2 is 1.53 bits per heavy atom. The molecule has 19 heavy (non-hydrogen) atoms. The Bertz CT molecular complexity index is 494. The molecule has 0 unspecified atom stereocenters. The third-order valence-electron chi connectivity index (χ3n) is 2.00. The van der Waals surface area contributed by atoms with Crippen molar-refractivity contribution in [3.8, 4) is 0 Å². The zero-order valence-electron chi connectivity index (χ0n) is 9.94. The summed E-state index contributed by atoms with van der Waals surface area (Å²) in [6, 6.07) is 17.8. The fourth-order valence-corrected chi connectivity index (χ4v) is 1.30. The fraction of sp³-hybridized carbons (Fsp3) is 0. The maximum Gasteiger partial charge on any atom is 0.162 e. The Kier molecular flexibility index (Phi) is 6.14. The van der Waals surface area contributed by atoms with E-state index in [0.29, 0.717) is 5.69 Å². The smallest absolute Gasteiger partial charge is 0.162 e. The lowest BCUT2D eigenvalue weighted by Gasteiger charge is -2.05. The molecule has 0 fully saturated rings. The Labute approximate surface area is 115 Å². The summed E-state index contributed by atoms with van der Waals surface area (Å²) in [6.07, 6.45) is 0. The highest BCUT2D eigenvalue weighted by Gasteiger charge is 1.93. The molecular formula is C12H13ClN4O2. The molecule has 0 amide bonds. The quantitative estimate of drug-likeness (QED) is 0.391. The zero-order valence-corrected chi connectivity index (χ0v) is 10.7. The van der Waals surface area contributed by atoms with E-state index in [1.54, 1.807) is 30.3 Å². The first-order valence-corrected chi connectivity index (χ1v) is 5.65. The number of nitrogens with two attached hydrogens (primary N) is 1. The minimum Gasteiger partial charge on any atom is -0.235 e. The summed E-state index contributed by atoms with van der Waals surface area (Å²) in [6.45, 7) is 0. The van der Waals surface area contributed by atoms with E-state index in [2.05, 4.69) is 0 Å². The van der Waals surface area contributed by atoms with Crippen molar-refractivity contribution in [1.29, 1.82) is 0 Å². The van der Waals surface area contributed by atoms with Crippen LogP contribution in [0.2, 0.25) is 0 Å². The van der Waals surface area contributed by atoms with Gasteiger partial charge in [0, 0.05) is 11.8 Å². The topological polar surface area (TPSA) is 84.4 Å². The summed E-state index contributed by atoms with van der Waals surface area (Å²) in [5.74, 6) is 5.21. The van der Waals surface area contributed by atoms with Crippen molar-refractivity contribution >= 4 is 23.2 Å². The number of nitrogens with zero attached hydrogens (tertiary/aromatic N) is 2. The number of hydrogen-bond acceptors (Lipinski definition) is 4. The van der Waals surface area contributed by atoms with E-state index in [-0.39, 0.29) is 0 Å². The molecule has 6 nitrogen and oxygen atoms in total. The molecule has 0 spiro atoms. The number of anilines is 2. The predicted molar refractivity (Wildman–Crippen MR) is 76.0 cm³/mol. The maximum absolute atomic E-state index is 9.86. The molecule has 0 aliphatic heterocycles. The van der Waals surface area contributed by atoms with E-state index >= 15 is 0 Å². The lowest BCUT2D eigenvalue weighted by atomic mass is 10.3. The van der Waals surface area contributed by atoms with Crippen LogP contribution in [0.5, 0.6) is 0 Å². The zero-order chi connectivity index (χ0) is 14.1. The highest BCUT2D eigenvalue weighted by molar-refractivity contribution is 6.24. The predicted octanol–water partition coefficient (Wildman–Crippen LogP) is 2.81. The van der Waals surface area contributed by atoms with Crippen molar-refractivity contribution in [2.75, 3.05) is 9.95 Å². The molecule has 0 heterocycles. The largest absolute Gasteiger partial charge is 0.235 e. The van der Waals surface area contributed by atoms with Crippen LogP contribution in [0.4, 0.5) is 11.4 Å². The summed E-state index contributed by atoms with van der Waals surface area (Å²) < 4.78 is 1.06. The summed E-state index contributed by atoms with van der Waals surface area (Å²) in [5.41, 5.74) is 3.31. The molecular weight excluding hydrogens is 268 g/mol. The van der Waals surface area contributed by atoms with Gasteiger partial charge >= 0.3 is 0 Å². The van der Waals surface area contributed by atoms with Crippen molar-refractivity contribution in [3.05, 3.63) is 70.8 Å². The molecule has 0 aromatic heterocycles. The molecule has 3 N–H and O–H groups in total. The van der Waals surface area contributed by atoms with Crippen LogP contribution in [0.25, 0.3) is 0 Å². The number of rotatable bonds is 3. The Balaban J connectivity index is 0.000000191. The first-order chi connectivity index (χ1) is 9.09. The number of nitrogens with one attached hydrogen (secondary N) is 1. The van der Waals surface area contributed by atoms with Crippen LogP contribution in [0.15, 0.2) is 60.7 Å². The van der Waals surface area contributed by atoms with Gasteiger partial charge in [0.1, 0.15) is 5.69 Å². The molecule has 2 aromatic carbocycles. The lowest BCUT2D eigenvalue weighted by molar-refractivity contribution is -0.445. The van der Waals surface area contributed by atoms with Gasteiger partial charge in [0.15, 0.2) is 5.03 Å². The number of nitro groups is 1. The maximum atomic E-state index is 9.86. The summed E-state index contributed by atoms with van der Waals surface area (Å²) >= 11 is 5.41. The third kappa shape index (κ3) is 6.25. The molecule has 0 atom stereocenters. The standard InChI is InChI=1S/C6H7ClN2.C6H6N2O2/c7-9(8)6-4-2-1-3-5-6;9-8(10)7-6-4-2-1-3-5-6/h1-5H,8H2;1-5,7H. The number of halogens is 1. The molecule has 0 aliphatic carbocycles. The SMILES string of the molecule is NN(Cl)c1ccccc1.O=[N+]([O-])Nc1ccccc1. The molecule has 2 aromatic rings. The van der Waals surface area contributed by atoms with Crippen LogP contribution in [-0.4, -0.2) is 5.03 Å². The van der Waals surface area contributed by atoms with E-state index in [4.69, 9.17) is 17.6 Å². The van der Waals surface area contributed by atoms with Gasteiger partial charge in [-0.25, -0.2) is 20.5 Å². The fourth-order valence-electron chi connectivity index (χ4n) is 1.19. The average molecular weight is 281 g/mol. The van der Waals surface area contributed by atoms with Crippen molar-refractivity contribution in [1.82, 2.24) is 0 Å². The first kappa shape index (κ1) is 14.7. The molecule has 7 heteroatoms. The van der Waals surface area contributed by atoms with Crippen LogP contribution in [-0.2, 0) is 0 Å². The van der Waals surface area contributed by atoms with Crippen LogP contribution >= 0.6 is 11.8 Å². The van der Waals surface area contributed by atoms with Gasteiger partial charge in [-0.15, -0.1) is 5.43 Å². The van der Waals surface area contributed by atoms with E-state index < -0.39 is 5.03 Å². The molecule has 100 valence electrons.